The molecule has 2 aliphatic rings. The lowest BCUT2D eigenvalue weighted by Crippen LogP contribution is -2.38. The number of fused-ring (bicyclic) bond motifs is 1. The molecule has 0 spiro atoms. The molecule has 0 aliphatic carbocycles. The second-order valence-corrected chi connectivity index (χ2v) is 9.73. The highest BCUT2D eigenvalue weighted by molar-refractivity contribution is 6.46. The molecule has 0 aromatic heterocycles. The van der Waals surface area contributed by atoms with E-state index < -0.39 is 17.7 Å². The molecule has 1 amide bonds. The highest BCUT2D eigenvalue weighted by Gasteiger charge is 2.45. The van der Waals surface area contributed by atoms with Gasteiger partial charge in [-0.2, -0.15) is 0 Å². The van der Waals surface area contributed by atoms with Crippen LogP contribution in [0.25, 0.3) is 16.5 Å². The van der Waals surface area contributed by atoms with E-state index >= 15 is 0 Å². The third-order valence-corrected chi connectivity index (χ3v) is 7.34. The van der Waals surface area contributed by atoms with Crippen LogP contribution >= 0.6 is 0 Å². The Labute approximate surface area is 228 Å². The van der Waals surface area contributed by atoms with Crippen molar-refractivity contribution in [1.82, 2.24) is 9.80 Å². The van der Waals surface area contributed by atoms with Crippen molar-refractivity contribution in [3.05, 3.63) is 77.4 Å². The number of morpholine rings is 1. The molecule has 8 nitrogen and oxygen atoms in total. The normalized spacial score (nSPS) is 19.5. The van der Waals surface area contributed by atoms with Crippen LogP contribution in [-0.4, -0.2) is 79.7 Å². The quantitative estimate of drug-likeness (QED) is 0.249. The minimum atomic E-state index is -0.697. The van der Waals surface area contributed by atoms with Gasteiger partial charge in [0, 0.05) is 31.7 Å². The lowest BCUT2D eigenvalue weighted by atomic mass is 9.94. The summed E-state index contributed by atoms with van der Waals surface area (Å²) in [4.78, 5) is 30.6. The van der Waals surface area contributed by atoms with Gasteiger partial charge in [-0.05, 0) is 60.0 Å². The molecular weight excluding hydrogens is 496 g/mol. The van der Waals surface area contributed by atoms with Crippen molar-refractivity contribution < 1.29 is 28.9 Å². The van der Waals surface area contributed by atoms with Gasteiger partial charge in [0.2, 0.25) is 0 Å². The van der Waals surface area contributed by atoms with Crippen LogP contribution in [0.2, 0.25) is 0 Å². The van der Waals surface area contributed by atoms with Gasteiger partial charge in [-0.3, -0.25) is 14.5 Å². The summed E-state index contributed by atoms with van der Waals surface area (Å²) in [6, 6.07) is 17.8. The Hall–Kier alpha value is -3.88. The summed E-state index contributed by atoms with van der Waals surface area (Å²) < 4.78 is 16.3. The molecule has 0 radical (unpaired) electrons. The first-order chi connectivity index (χ1) is 19.0. The maximum atomic E-state index is 13.4. The van der Waals surface area contributed by atoms with E-state index in [-0.39, 0.29) is 11.3 Å². The van der Waals surface area contributed by atoms with Crippen molar-refractivity contribution in [1.29, 1.82) is 0 Å². The number of Topliss-reactive ketones (excluding diaryl/α,β-unsaturated/α-hetero) is 1. The van der Waals surface area contributed by atoms with Crippen molar-refractivity contribution in [2.24, 2.45) is 0 Å². The van der Waals surface area contributed by atoms with Crippen LogP contribution < -0.4 is 9.47 Å². The summed E-state index contributed by atoms with van der Waals surface area (Å²) in [5.74, 6) is -0.00990. The number of ether oxygens (including phenoxy) is 3. The Kier molecular flexibility index (Phi) is 8.14. The average Bonchev–Trinajstić information content (AvgIpc) is 3.22. The predicted molar refractivity (Wildman–Crippen MR) is 149 cm³/mol. The zero-order chi connectivity index (χ0) is 27.4. The van der Waals surface area contributed by atoms with Gasteiger partial charge in [-0.15, -0.1) is 0 Å². The first-order valence-corrected chi connectivity index (χ1v) is 13.4. The second-order valence-electron chi connectivity index (χ2n) is 9.73. The zero-order valence-electron chi connectivity index (χ0n) is 22.4. The molecule has 3 aromatic rings. The fraction of sp³-hybridized carbons (Fsp3) is 0.355. The largest absolute Gasteiger partial charge is 0.507 e. The molecule has 204 valence electrons. The van der Waals surface area contributed by atoms with Crippen molar-refractivity contribution in [2.45, 2.75) is 19.4 Å². The van der Waals surface area contributed by atoms with Crippen LogP contribution in [0.15, 0.2) is 66.2 Å². The van der Waals surface area contributed by atoms with Crippen LogP contribution in [-0.2, 0) is 14.3 Å². The Morgan fingerprint density at radius 2 is 1.64 bits per heavy atom. The van der Waals surface area contributed by atoms with Gasteiger partial charge in [-0.1, -0.05) is 30.3 Å². The van der Waals surface area contributed by atoms with Crippen molar-refractivity contribution >= 4 is 28.2 Å². The summed E-state index contributed by atoms with van der Waals surface area (Å²) in [5.41, 5.74) is 1.33. The van der Waals surface area contributed by atoms with E-state index in [0.29, 0.717) is 44.1 Å². The van der Waals surface area contributed by atoms with Crippen LogP contribution in [0.3, 0.4) is 0 Å². The maximum Gasteiger partial charge on any atom is 0.295 e. The molecule has 2 heterocycles. The number of methoxy groups -OCH3 is 1. The molecule has 8 heteroatoms. The third kappa shape index (κ3) is 5.62. The van der Waals surface area contributed by atoms with E-state index in [1.807, 2.05) is 61.5 Å². The van der Waals surface area contributed by atoms with Gasteiger partial charge in [0.05, 0.1) is 38.5 Å². The number of benzene rings is 3. The first kappa shape index (κ1) is 26.7. The van der Waals surface area contributed by atoms with E-state index in [4.69, 9.17) is 14.2 Å². The number of carbonyl (C=O) groups excluding carboxylic acids is 2. The monoisotopic (exact) mass is 530 g/mol. The van der Waals surface area contributed by atoms with Gasteiger partial charge in [0.1, 0.15) is 17.3 Å². The summed E-state index contributed by atoms with van der Waals surface area (Å²) in [7, 11) is 1.61. The van der Waals surface area contributed by atoms with Crippen molar-refractivity contribution in [3.8, 4) is 11.5 Å². The van der Waals surface area contributed by atoms with Gasteiger partial charge < -0.3 is 24.2 Å². The Morgan fingerprint density at radius 1 is 0.949 bits per heavy atom. The standard InChI is InChI=1S/C31H34N2O6/c1-3-39-25-10-7-21(8-11-25)28-27(29(34)24-6-5-23-20-26(37-2)12-9-22(23)19-24)30(35)31(36)33(28)14-4-13-32-15-17-38-18-16-32/h5-12,19-20,28,34H,3-4,13-18H2,1-2H3/b29-27+. The molecule has 39 heavy (non-hydrogen) atoms. The molecular formula is C31H34N2O6. The molecule has 1 N–H and O–H groups in total. The fourth-order valence-electron chi connectivity index (χ4n) is 5.31. The zero-order valence-corrected chi connectivity index (χ0v) is 22.4. The predicted octanol–water partition coefficient (Wildman–Crippen LogP) is 4.39. The van der Waals surface area contributed by atoms with Crippen LogP contribution in [0.4, 0.5) is 0 Å². The van der Waals surface area contributed by atoms with E-state index in [9.17, 15) is 14.7 Å². The van der Waals surface area contributed by atoms with E-state index in [1.165, 1.54) is 0 Å². The fourth-order valence-corrected chi connectivity index (χ4v) is 5.31. The molecule has 5 rings (SSSR count). The Balaban J connectivity index is 1.50. The van der Waals surface area contributed by atoms with E-state index in [0.717, 1.165) is 41.7 Å². The number of nitrogens with zero attached hydrogens (tertiary/aromatic N) is 2. The van der Waals surface area contributed by atoms with Gasteiger partial charge in [-0.25, -0.2) is 0 Å². The minimum Gasteiger partial charge on any atom is -0.507 e. The number of likely N-dealkylation sites (tertiary alicyclic amines) is 1. The SMILES string of the molecule is CCOc1ccc(C2/C(=C(\O)c3ccc4cc(OC)ccc4c3)C(=O)C(=O)N2CCCN2CCOCC2)cc1. The minimum absolute atomic E-state index is 0.100. The van der Waals surface area contributed by atoms with Crippen molar-refractivity contribution in [2.75, 3.05) is 53.1 Å². The molecule has 1 atom stereocenters. The molecule has 2 saturated heterocycles. The molecule has 2 aliphatic heterocycles. The topological polar surface area (TPSA) is 88.5 Å². The lowest BCUT2D eigenvalue weighted by Gasteiger charge is -2.29. The lowest BCUT2D eigenvalue weighted by molar-refractivity contribution is -0.140. The molecule has 1 unspecified atom stereocenters. The van der Waals surface area contributed by atoms with Crippen molar-refractivity contribution in [3.63, 3.8) is 0 Å². The molecule has 0 saturated carbocycles. The van der Waals surface area contributed by atoms with E-state index in [1.54, 1.807) is 18.1 Å². The third-order valence-electron chi connectivity index (χ3n) is 7.34. The number of amides is 1. The number of hydrogen-bond donors (Lipinski definition) is 1. The van der Waals surface area contributed by atoms with Crippen LogP contribution in [0.1, 0.15) is 30.5 Å². The first-order valence-electron chi connectivity index (χ1n) is 13.4. The Morgan fingerprint density at radius 3 is 2.36 bits per heavy atom. The smallest absolute Gasteiger partial charge is 0.295 e. The summed E-state index contributed by atoms with van der Waals surface area (Å²) in [5, 5.41) is 13.3. The highest BCUT2D eigenvalue weighted by Crippen LogP contribution is 2.40. The number of carbonyl (C=O) groups is 2. The molecule has 0 bridgehead atoms. The van der Waals surface area contributed by atoms with Crippen LogP contribution in [0, 0.1) is 0 Å². The maximum absolute atomic E-state index is 13.4. The number of aliphatic hydroxyl groups excluding tert-OH is 1. The number of aliphatic hydroxyl groups is 1. The van der Waals surface area contributed by atoms with Gasteiger partial charge in [0.15, 0.2) is 0 Å². The number of hydrogen-bond acceptors (Lipinski definition) is 7. The number of ketones is 1. The molecule has 3 aromatic carbocycles. The molecule has 2 fully saturated rings. The summed E-state index contributed by atoms with van der Waals surface area (Å²) >= 11 is 0. The van der Waals surface area contributed by atoms with Gasteiger partial charge >= 0.3 is 0 Å². The second kappa shape index (κ2) is 11.9. The van der Waals surface area contributed by atoms with E-state index in [2.05, 4.69) is 4.90 Å². The summed E-state index contributed by atoms with van der Waals surface area (Å²) in [6.07, 6.45) is 0.707. The Bertz CT molecular complexity index is 1380. The summed E-state index contributed by atoms with van der Waals surface area (Å²) in [6.45, 7) is 6.77. The highest BCUT2D eigenvalue weighted by atomic mass is 16.5. The van der Waals surface area contributed by atoms with Crippen LogP contribution in [0.5, 0.6) is 11.5 Å². The van der Waals surface area contributed by atoms with Gasteiger partial charge in [0.25, 0.3) is 11.7 Å². The average molecular weight is 531 g/mol. The number of rotatable bonds is 9.